The van der Waals surface area contributed by atoms with Crippen LogP contribution in [-0.2, 0) is 0 Å². The Hall–Kier alpha value is -1.04. The maximum Gasteiger partial charge on any atom is -0.00648 e. The van der Waals surface area contributed by atoms with Gasteiger partial charge in [0.25, 0.3) is 0 Å². The number of hydrogen-bond donors (Lipinski definition) is 0. The van der Waals surface area contributed by atoms with Gasteiger partial charge in [0, 0.05) is 0 Å². The standard InChI is InChI=1S/C12H14/c1-3-11-9(2)12(11)10-7-5-4-6-8-10/h3-9,11-12H,1H2,2H3/t9-,11-,12-/m0/s1. The molecule has 1 aliphatic rings. The van der Waals surface area contributed by atoms with Gasteiger partial charge in [-0.3, -0.25) is 0 Å². The fourth-order valence-corrected chi connectivity index (χ4v) is 2.06. The molecule has 1 saturated carbocycles. The highest BCUT2D eigenvalue weighted by atomic mass is 14.5. The van der Waals surface area contributed by atoms with E-state index in [1.165, 1.54) is 5.56 Å². The number of rotatable bonds is 2. The largest absolute Gasteiger partial charge is 0.103 e. The zero-order chi connectivity index (χ0) is 8.55. The van der Waals surface area contributed by atoms with Crippen LogP contribution < -0.4 is 0 Å². The summed E-state index contributed by atoms with van der Waals surface area (Å²) in [5.74, 6) is 2.25. The van der Waals surface area contributed by atoms with Crippen molar-refractivity contribution in [3.05, 3.63) is 48.6 Å². The van der Waals surface area contributed by atoms with Crippen LogP contribution in [0.3, 0.4) is 0 Å². The predicted molar refractivity (Wildman–Crippen MR) is 52.0 cm³/mol. The zero-order valence-corrected chi connectivity index (χ0v) is 7.40. The van der Waals surface area contributed by atoms with Crippen molar-refractivity contribution in [2.45, 2.75) is 12.8 Å². The van der Waals surface area contributed by atoms with Crippen LogP contribution in [0.15, 0.2) is 43.0 Å². The molecule has 0 N–H and O–H groups in total. The SMILES string of the molecule is C=C[C@H]1[C@H](C)[C@H]1c1ccccc1. The van der Waals surface area contributed by atoms with Gasteiger partial charge in [-0.2, -0.15) is 0 Å². The van der Waals surface area contributed by atoms with Gasteiger partial charge in [-0.05, 0) is 23.3 Å². The summed E-state index contributed by atoms with van der Waals surface area (Å²) in [6, 6.07) is 10.7. The molecule has 3 atom stereocenters. The first kappa shape index (κ1) is 7.60. The summed E-state index contributed by atoms with van der Waals surface area (Å²) < 4.78 is 0. The van der Waals surface area contributed by atoms with Crippen LogP contribution in [0.5, 0.6) is 0 Å². The van der Waals surface area contributed by atoms with E-state index in [0.29, 0.717) is 5.92 Å². The van der Waals surface area contributed by atoms with Crippen molar-refractivity contribution < 1.29 is 0 Å². The van der Waals surface area contributed by atoms with E-state index in [0.717, 1.165) is 11.8 Å². The van der Waals surface area contributed by atoms with E-state index >= 15 is 0 Å². The normalized spacial score (nSPS) is 32.9. The molecule has 0 radical (unpaired) electrons. The number of allylic oxidation sites excluding steroid dienone is 1. The van der Waals surface area contributed by atoms with Crippen LogP contribution in [0, 0.1) is 11.8 Å². The lowest BCUT2D eigenvalue weighted by Gasteiger charge is -1.95. The average molecular weight is 158 g/mol. The second-order valence-corrected chi connectivity index (χ2v) is 3.61. The van der Waals surface area contributed by atoms with E-state index in [-0.39, 0.29) is 0 Å². The maximum absolute atomic E-state index is 3.85. The van der Waals surface area contributed by atoms with Gasteiger partial charge in [-0.15, -0.1) is 6.58 Å². The maximum atomic E-state index is 3.85. The first-order valence-electron chi connectivity index (χ1n) is 4.52. The third-order valence-corrected chi connectivity index (χ3v) is 2.90. The monoisotopic (exact) mass is 158 g/mol. The van der Waals surface area contributed by atoms with Gasteiger partial charge in [0.1, 0.15) is 0 Å². The van der Waals surface area contributed by atoms with Crippen molar-refractivity contribution in [3.63, 3.8) is 0 Å². The van der Waals surface area contributed by atoms with Gasteiger partial charge in [-0.25, -0.2) is 0 Å². The number of hydrogen-bond acceptors (Lipinski definition) is 0. The predicted octanol–water partition coefficient (Wildman–Crippen LogP) is 3.22. The minimum atomic E-state index is 0.715. The summed E-state index contributed by atoms with van der Waals surface area (Å²) >= 11 is 0. The van der Waals surface area contributed by atoms with E-state index in [9.17, 15) is 0 Å². The van der Waals surface area contributed by atoms with E-state index < -0.39 is 0 Å². The van der Waals surface area contributed by atoms with E-state index in [1.807, 2.05) is 0 Å². The fraction of sp³-hybridized carbons (Fsp3) is 0.333. The summed E-state index contributed by atoms with van der Waals surface area (Å²) in [5, 5.41) is 0. The second kappa shape index (κ2) is 2.78. The molecule has 1 fully saturated rings. The van der Waals surface area contributed by atoms with Gasteiger partial charge in [0.15, 0.2) is 0 Å². The van der Waals surface area contributed by atoms with Gasteiger partial charge in [0.05, 0.1) is 0 Å². The van der Waals surface area contributed by atoms with Gasteiger partial charge in [0.2, 0.25) is 0 Å². The molecule has 0 heteroatoms. The van der Waals surface area contributed by atoms with Crippen LogP contribution in [-0.4, -0.2) is 0 Å². The first-order valence-corrected chi connectivity index (χ1v) is 4.52. The molecular weight excluding hydrogens is 144 g/mol. The van der Waals surface area contributed by atoms with Crippen LogP contribution in [0.1, 0.15) is 18.4 Å². The molecule has 62 valence electrons. The summed E-state index contributed by atoms with van der Waals surface area (Å²) in [5.41, 5.74) is 1.47. The molecule has 0 amide bonds. The molecule has 0 spiro atoms. The van der Waals surface area contributed by atoms with Crippen molar-refractivity contribution in [1.82, 2.24) is 0 Å². The van der Waals surface area contributed by atoms with E-state index in [2.05, 4.69) is 49.9 Å². The molecule has 0 nitrogen and oxygen atoms in total. The summed E-state index contributed by atoms with van der Waals surface area (Å²) in [4.78, 5) is 0. The topological polar surface area (TPSA) is 0 Å². The molecular formula is C12H14. The minimum Gasteiger partial charge on any atom is -0.103 e. The van der Waals surface area contributed by atoms with Crippen molar-refractivity contribution in [2.24, 2.45) is 11.8 Å². The molecule has 0 aromatic heterocycles. The first-order chi connectivity index (χ1) is 5.84. The quantitative estimate of drug-likeness (QED) is 0.580. The Morgan fingerprint density at radius 1 is 1.25 bits per heavy atom. The highest BCUT2D eigenvalue weighted by molar-refractivity contribution is 5.29. The molecule has 0 saturated heterocycles. The van der Waals surface area contributed by atoms with Crippen LogP contribution in [0.25, 0.3) is 0 Å². The van der Waals surface area contributed by atoms with Crippen LogP contribution in [0.2, 0.25) is 0 Å². The van der Waals surface area contributed by atoms with Gasteiger partial charge >= 0.3 is 0 Å². The Kier molecular flexibility index (Phi) is 1.76. The Bertz CT molecular complexity index is 273. The molecule has 1 aliphatic carbocycles. The smallest absolute Gasteiger partial charge is 0.00648 e. The highest BCUT2D eigenvalue weighted by Crippen LogP contribution is 2.54. The van der Waals surface area contributed by atoms with Gasteiger partial charge in [-0.1, -0.05) is 43.3 Å². The van der Waals surface area contributed by atoms with E-state index in [1.54, 1.807) is 0 Å². The Morgan fingerprint density at radius 2 is 1.92 bits per heavy atom. The zero-order valence-electron chi connectivity index (χ0n) is 7.40. The molecule has 2 rings (SSSR count). The van der Waals surface area contributed by atoms with Crippen molar-refractivity contribution in [3.8, 4) is 0 Å². The lowest BCUT2D eigenvalue weighted by molar-refractivity contribution is 0.888. The third kappa shape index (κ3) is 1.08. The van der Waals surface area contributed by atoms with Crippen molar-refractivity contribution in [2.75, 3.05) is 0 Å². The number of benzene rings is 1. The Labute approximate surface area is 73.9 Å². The van der Waals surface area contributed by atoms with Crippen molar-refractivity contribution in [1.29, 1.82) is 0 Å². The lowest BCUT2D eigenvalue weighted by atomic mass is 10.1. The summed E-state index contributed by atoms with van der Waals surface area (Å²) in [7, 11) is 0. The lowest BCUT2D eigenvalue weighted by Crippen LogP contribution is -1.79. The average Bonchev–Trinajstić information content (AvgIpc) is 2.78. The molecule has 0 heterocycles. The van der Waals surface area contributed by atoms with Gasteiger partial charge < -0.3 is 0 Å². The molecule has 0 aliphatic heterocycles. The molecule has 1 aromatic carbocycles. The molecule has 1 aromatic rings. The second-order valence-electron chi connectivity index (χ2n) is 3.61. The van der Waals surface area contributed by atoms with Crippen molar-refractivity contribution >= 4 is 0 Å². The highest BCUT2D eigenvalue weighted by Gasteiger charge is 2.44. The summed E-state index contributed by atoms with van der Waals surface area (Å²) in [6.45, 7) is 6.14. The summed E-state index contributed by atoms with van der Waals surface area (Å²) in [6.07, 6.45) is 2.09. The van der Waals surface area contributed by atoms with Crippen LogP contribution in [0.4, 0.5) is 0 Å². The minimum absolute atomic E-state index is 0.715. The fourth-order valence-electron chi connectivity index (χ4n) is 2.06. The molecule has 12 heavy (non-hydrogen) atoms. The third-order valence-electron chi connectivity index (χ3n) is 2.90. The molecule has 0 unspecified atom stereocenters. The van der Waals surface area contributed by atoms with E-state index in [4.69, 9.17) is 0 Å². The Morgan fingerprint density at radius 3 is 2.42 bits per heavy atom. The molecule has 0 bridgehead atoms. The Balaban J connectivity index is 2.19. The van der Waals surface area contributed by atoms with Crippen LogP contribution >= 0.6 is 0 Å².